The molecule has 1 atom stereocenters. The van der Waals surface area contributed by atoms with Crippen molar-refractivity contribution < 1.29 is 28.7 Å². The molecule has 0 N–H and O–H groups in total. The van der Waals surface area contributed by atoms with E-state index >= 15 is 0 Å². The molecule has 0 radical (unpaired) electrons. The summed E-state index contributed by atoms with van der Waals surface area (Å²) in [7, 11) is 0. The maximum Gasteiger partial charge on any atom is 0.343 e. The first kappa shape index (κ1) is 24.9. The molecule has 3 aromatic rings. The van der Waals surface area contributed by atoms with Crippen molar-refractivity contribution in [3.63, 3.8) is 0 Å². The second-order valence-corrected chi connectivity index (χ2v) is 9.01. The Morgan fingerprint density at radius 2 is 1.50 bits per heavy atom. The number of carbonyl (C=O) groups is 4. The number of anilines is 1. The number of hydrogen-bond acceptors (Lipinski definition) is 6. The molecule has 0 bridgehead atoms. The fraction of sp³-hybridized carbons (Fsp3) is 0.241. The summed E-state index contributed by atoms with van der Waals surface area (Å²) >= 11 is 0. The molecular formula is C29H27NO6. The van der Waals surface area contributed by atoms with Gasteiger partial charge in [-0.15, -0.1) is 0 Å². The molecule has 0 aliphatic carbocycles. The summed E-state index contributed by atoms with van der Waals surface area (Å²) in [6.45, 7) is 5.58. The molecule has 1 heterocycles. The second kappa shape index (κ2) is 10.6. The lowest BCUT2D eigenvalue weighted by molar-refractivity contribution is -0.147. The van der Waals surface area contributed by atoms with Crippen LogP contribution in [0.4, 0.5) is 5.69 Å². The van der Waals surface area contributed by atoms with E-state index in [1.165, 1.54) is 24.3 Å². The highest BCUT2D eigenvalue weighted by atomic mass is 16.5. The molecule has 0 unspecified atom stereocenters. The molecular weight excluding hydrogens is 458 g/mol. The fourth-order valence-electron chi connectivity index (χ4n) is 4.01. The zero-order valence-electron chi connectivity index (χ0n) is 20.4. The van der Waals surface area contributed by atoms with E-state index < -0.39 is 30.2 Å². The predicted molar refractivity (Wildman–Crippen MR) is 134 cm³/mol. The molecule has 0 saturated carbocycles. The van der Waals surface area contributed by atoms with Crippen LogP contribution in [0.2, 0.25) is 0 Å². The van der Waals surface area contributed by atoms with Crippen LogP contribution in [-0.2, 0) is 14.3 Å². The van der Waals surface area contributed by atoms with Crippen LogP contribution in [0.15, 0.2) is 66.7 Å². The van der Waals surface area contributed by atoms with Gasteiger partial charge in [-0.1, -0.05) is 29.8 Å². The topological polar surface area (TPSA) is 90.0 Å². The maximum atomic E-state index is 12.6. The molecule has 4 rings (SSSR count). The standard InChI is InChI=1S/C29H27NO6/c1-18-5-8-22(9-6-18)29(34)36-24-12-10-21(11-13-24)26(31)17-35-28(33)23-15-27(32)30(16-23)25-14-19(2)4-7-20(25)3/h4-14,23H,15-17H2,1-3H3/t23-/m1/s1. The van der Waals surface area contributed by atoms with Gasteiger partial charge in [0, 0.05) is 24.2 Å². The molecule has 1 amide bonds. The minimum Gasteiger partial charge on any atom is -0.457 e. The lowest BCUT2D eigenvalue weighted by Crippen LogP contribution is -2.27. The number of hydrogen-bond donors (Lipinski definition) is 0. The van der Waals surface area contributed by atoms with Crippen molar-refractivity contribution >= 4 is 29.3 Å². The molecule has 184 valence electrons. The van der Waals surface area contributed by atoms with Crippen LogP contribution < -0.4 is 9.64 Å². The number of esters is 2. The van der Waals surface area contributed by atoms with E-state index in [1.807, 2.05) is 51.1 Å². The Morgan fingerprint density at radius 1 is 0.861 bits per heavy atom. The van der Waals surface area contributed by atoms with Gasteiger partial charge in [0.05, 0.1) is 11.5 Å². The molecule has 0 aromatic heterocycles. The summed E-state index contributed by atoms with van der Waals surface area (Å²) in [6.07, 6.45) is 0.0431. The summed E-state index contributed by atoms with van der Waals surface area (Å²) in [6, 6.07) is 18.9. The van der Waals surface area contributed by atoms with Gasteiger partial charge in [-0.2, -0.15) is 0 Å². The Hall–Kier alpha value is -4.26. The molecule has 1 aliphatic heterocycles. The first-order chi connectivity index (χ1) is 17.2. The van der Waals surface area contributed by atoms with Gasteiger partial charge in [-0.05, 0) is 74.4 Å². The average Bonchev–Trinajstić information content (AvgIpc) is 3.26. The average molecular weight is 486 g/mol. The van der Waals surface area contributed by atoms with Crippen molar-refractivity contribution in [1.29, 1.82) is 0 Å². The number of amides is 1. The predicted octanol–water partition coefficient (Wildman–Crippen LogP) is 4.61. The SMILES string of the molecule is Cc1ccc(C(=O)Oc2ccc(C(=O)COC(=O)[C@@H]3CC(=O)N(c4cc(C)ccc4C)C3)cc2)cc1. The molecule has 1 aliphatic rings. The third-order valence-electron chi connectivity index (χ3n) is 6.13. The zero-order valence-corrected chi connectivity index (χ0v) is 20.4. The van der Waals surface area contributed by atoms with Crippen LogP contribution >= 0.6 is 0 Å². The highest BCUT2D eigenvalue weighted by molar-refractivity contribution is 6.01. The van der Waals surface area contributed by atoms with Gasteiger partial charge >= 0.3 is 11.9 Å². The minimum atomic E-state index is -0.631. The van der Waals surface area contributed by atoms with Crippen LogP contribution in [0, 0.1) is 26.7 Å². The van der Waals surface area contributed by atoms with Gasteiger partial charge in [0.2, 0.25) is 5.91 Å². The third kappa shape index (κ3) is 5.68. The summed E-state index contributed by atoms with van der Waals surface area (Å²) in [4.78, 5) is 51.5. The smallest absolute Gasteiger partial charge is 0.343 e. The van der Waals surface area contributed by atoms with Gasteiger partial charge in [0.25, 0.3) is 0 Å². The van der Waals surface area contributed by atoms with E-state index in [0.717, 1.165) is 22.4 Å². The lowest BCUT2D eigenvalue weighted by Gasteiger charge is -2.19. The number of benzene rings is 3. The molecule has 1 saturated heterocycles. The van der Waals surface area contributed by atoms with E-state index in [9.17, 15) is 19.2 Å². The first-order valence-corrected chi connectivity index (χ1v) is 11.7. The number of Topliss-reactive ketones (excluding diaryl/α,β-unsaturated/α-hetero) is 1. The van der Waals surface area contributed by atoms with E-state index in [-0.39, 0.29) is 18.9 Å². The van der Waals surface area contributed by atoms with Crippen LogP contribution in [0.3, 0.4) is 0 Å². The Kier molecular flexibility index (Phi) is 7.29. The molecule has 0 spiro atoms. The molecule has 7 nitrogen and oxygen atoms in total. The number of rotatable bonds is 7. The van der Waals surface area contributed by atoms with Crippen LogP contribution in [0.25, 0.3) is 0 Å². The number of nitrogens with zero attached hydrogens (tertiary/aromatic N) is 1. The minimum absolute atomic E-state index is 0.0431. The summed E-state index contributed by atoms with van der Waals surface area (Å²) < 4.78 is 10.6. The molecule has 7 heteroatoms. The fourth-order valence-corrected chi connectivity index (χ4v) is 4.01. The van der Waals surface area contributed by atoms with Crippen molar-refractivity contribution in [3.8, 4) is 5.75 Å². The van der Waals surface area contributed by atoms with E-state index in [1.54, 1.807) is 17.0 Å². The zero-order chi connectivity index (χ0) is 25.8. The van der Waals surface area contributed by atoms with Gasteiger partial charge < -0.3 is 14.4 Å². The summed E-state index contributed by atoms with van der Waals surface area (Å²) in [5.74, 6) is -1.95. The second-order valence-electron chi connectivity index (χ2n) is 9.01. The van der Waals surface area contributed by atoms with E-state index in [0.29, 0.717) is 16.9 Å². The Bertz CT molecular complexity index is 1310. The Balaban J connectivity index is 1.30. The van der Waals surface area contributed by atoms with E-state index in [2.05, 4.69) is 0 Å². The Labute approximate surface area is 209 Å². The van der Waals surface area contributed by atoms with Gasteiger partial charge in [0.15, 0.2) is 12.4 Å². The van der Waals surface area contributed by atoms with Crippen LogP contribution in [0.1, 0.15) is 43.8 Å². The van der Waals surface area contributed by atoms with Crippen molar-refractivity contribution in [3.05, 3.63) is 94.5 Å². The largest absolute Gasteiger partial charge is 0.457 e. The number of ketones is 1. The monoisotopic (exact) mass is 485 g/mol. The van der Waals surface area contributed by atoms with Crippen molar-refractivity contribution in [2.24, 2.45) is 5.92 Å². The third-order valence-corrected chi connectivity index (χ3v) is 6.13. The number of ether oxygens (including phenoxy) is 2. The quantitative estimate of drug-likeness (QED) is 0.276. The Morgan fingerprint density at radius 3 is 2.19 bits per heavy atom. The van der Waals surface area contributed by atoms with Crippen molar-refractivity contribution in [2.75, 3.05) is 18.1 Å². The number of aryl methyl sites for hydroxylation is 3. The van der Waals surface area contributed by atoms with E-state index in [4.69, 9.17) is 9.47 Å². The van der Waals surface area contributed by atoms with Gasteiger partial charge in [-0.3, -0.25) is 14.4 Å². The summed E-state index contributed by atoms with van der Waals surface area (Å²) in [5, 5.41) is 0. The number of carbonyl (C=O) groups excluding carboxylic acids is 4. The van der Waals surface area contributed by atoms with Gasteiger partial charge in [-0.25, -0.2) is 4.79 Å². The van der Waals surface area contributed by atoms with Crippen molar-refractivity contribution in [1.82, 2.24) is 0 Å². The maximum absolute atomic E-state index is 12.6. The molecule has 1 fully saturated rings. The van der Waals surface area contributed by atoms with Crippen LogP contribution in [0.5, 0.6) is 5.75 Å². The summed E-state index contributed by atoms with van der Waals surface area (Å²) in [5.41, 5.74) is 4.54. The molecule has 3 aromatic carbocycles. The molecule has 36 heavy (non-hydrogen) atoms. The van der Waals surface area contributed by atoms with Gasteiger partial charge in [0.1, 0.15) is 5.75 Å². The normalized spacial score (nSPS) is 15.0. The van der Waals surface area contributed by atoms with Crippen molar-refractivity contribution in [2.45, 2.75) is 27.2 Å². The van der Waals surface area contributed by atoms with Crippen LogP contribution in [-0.4, -0.2) is 36.8 Å². The highest BCUT2D eigenvalue weighted by Crippen LogP contribution is 2.29. The highest BCUT2D eigenvalue weighted by Gasteiger charge is 2.37. The lowest BCUT2D eigenvalue weighted by atomic mass is 10.1. The first-order valence-electron chi connectivity index (χ1n) is 11.7.